The van der Waals surface area contributed by atoms with Gasteiger partial charge in [-0.1, -0.05) is 36.7 Å². The van der Waals surface area contributed by atoms with Crippen LogP contribution in [0.5, 0.6) is 0 Å². The second kappa shape index (κ2) is 44.4. The number of hydrogen-bond donors (Lipinski definition) is 1. The predicted octanol–water partition coefficient (Wildman–Crippen LogP) is 0.477. The Hall–Kier alpha value is 0.0387. The summed E-state index contributed by atoms with van der Waals surface area (Å²) in [5, 5.41) is 3.08. The molecule has 8 heteroatoms. The van der Waals surface area contributed by atoms with Crippen LogP contribution in [-0.2, 0) is 14.4 Å². The molecule has 0 atom stereocenters. The van der Waals surface area contributed by atoms with E-state index in [1.54, 1.807) is 22.5 Å². The summed E-state index contributed by atoms with van der Waals surface area (Å²) >= 11 is 13.8. The normalized spacial score (nSPS) is 6.00. The van der Waals surface area contributed by atoms with Crippen molar-refractivity contribution in [2.45, 2.75) is 10.9 Å². The van der Waals surface area contributed by atoms with E-state index in [9.17, 15) is 0 Å². The molecule has 17 heavy (non-hydrogen) atoms. The minimum atomic E-state index is 0.565. The van der Waals surface area contributed by atoms with Crippen LogP contribution in [-0.4, -0.2) is 64.0 Å². The van der Waals surface area contributed by atoms with Crippen LogP contribution in [0.3, 0.4) is 0 Å². The molecule has 0 unspecified atom stereocenters. The first-order valence-corrected chi connectivity index (χ1v) is 7.61. The van der Waals surface area contributed by atoms with Crippen LogP contribution < -0.4 is 5.73 Å². The molecule has 0 fully saturated rings. The second-order valence-corrected chi connectivity index (χ2v) is 3.95. The Morgan fingerprint density at radius 3 is 1.12 bits per heavy atom. The van der Waals surface area contributed by atoms with Gasteiger partial charge >= 0.3 is 45.7 Å². The van der Waals surface area contributed by atoms with Crippen LogP contribution in [0.1, 0.15) is 6.42 Å². The van der Waals surface area contributed by atoms with Gasteiger partial charge in [0.2, 0.25) is 0 Å². The zero-order chi connectivity index (χ0) is 14.4. The molecule has 0 rings (SSSR count). The quantitative estimate of drug-likeness (QED) is 0.410. The van der Waals surface area contributed by atoms with Crippen molar-refractivity contribution in [1.82, 2.24) is 0 Å². The molecule has 0 heterocycles. The predicted molar refractivity (Wildman–Crippen MR) is 83.4 cm³/mol. The molecule has 0 spiro atoms. The standard InChI is InChI=1S/C3H8N.3C2H2OS.Sn/c1-2-3-4;3*3-1-2-4;/h1-4H2;3*1-2H;. The average molecular weight is 399 g/mol. The molecule has 4 nitrogen and oxygen atoms in total. The molecular formula is C9H14NO3S3Sn. The molecule has 2 N–H and O–H groups in total. The van der Waals surface area contributed by atoms with E-state index >= 15 is 0 Å². The van der Waals surface area contributed by atoms with E-state index in [0.29, 0.717) is 18.9 Å². The van der Waals surface area contributed by atoms with Crippen molar-refractivity contribution in [1.29, 1.82) is 0 Å². The summed E-state index contributed by atoms with van der Waals surface area (Å²) in [7, 11) is 0. The zero-order valence-corrected chi connectivity index (χ0v) is 14.4. The summed E-state index contributed by atoms with van der Waals surface area (Å²) in [6.45, 7) is 0.866. The maximum Gasteiger partial charge on any atom is 0.153 e. The first kappa shape index (κ1) is 25.8. The number of rotatable bonds is 5. The molecule has 0 aliphatic carbocycles. The van der Waals surface area contributed by atoms with Crippen molar-refractivity contribution < 1.29 is 14.4 Å². The number of carbonyl (C=O) groups is 3. The third-order valence-electron chi connectivity index (χ3n) is 0.548. The summed E-state index contributed by atoms with van der Waals surface area (Å²) in [6.07, 6.45) is 2.90. The van der Waals surface area contributed by atoms with Gasteiger partial charge in [-0.3, -0.25) is 14.4 Å². The van der Waals surface area contributed by atoms with Crippen molar-refractivity contribution in [3.63, 3.8) is 0 Å². The zero-order valence-electron chi connectivity index (χ0n) is 9.11. The summed E-state index contributed by atoms with van der Waals surface area (Å²) in [4.78, 5) is 27.0. The minimum Gasteiger partial charge on any atom is -0.298 e. The fraction of sp³-hybridized carbons (Fsp3) is 0.333. The summed E-state index contributed by atoms with van der Waals surface area (Å²) in [6, 6.07) is 0. The third kappa shape index (κ3) is 125. The van der Waals surface area contributed by atoms with Crippen LogP contribution in [0.4, 0.5) is 0 Å². The van der Waals surface area contributed by atoms with Gasteiger partial charge in [0.15, 0.2) is 18.9 Å². The number of carbonyl (C=O) groups excluding carboxylic acids is 3. The molecule has 0 saturated carbocycles. The summed E-state index contributed by atoms with van der Waals surface area (Å²) in [5.41, 5.74) is 5.15. The Kier molecular flexibility index (Phi) is 67.3. The van der Waals surface area contributed by atoms with Crippen LogP contribution in [0, 0.1) is 0 Å². The van der Waals surface area contributed by atoms with Crippen molar-refractivity contribution in [2.24, 2.45) is 5.73 Å². The maximum atomic E-state index is 9.01. The first-order valence-electron chi connectivity index (χ1n) is 4.18. The van der Waals surface area contributed by atoms with Gasteiger partial charge < -0.3 is 0 Å². The van der Waals surface area contributed by atoms with E-state index in [2.05, 4.69) is 36.7 Å². The Labute approximate surface area is 131 Å². The van der Waals surface area contributed by atoms with E-state index in [0.717, 1.165) is 22.6 Å². The Balaban J connectivity index is -0.0000000667. The largest absolute Gasteiger partial charge is 0.298 e. The van der Waals surface area contributed by atoms with Crippen molar-refractivity contribution in [3.8, 4) is 0 Å². The molecule has 0 aromatic carbocycles. The third-order valence-corrected chi connectivity index (χ3v) is 1.89. The smallest absolute Gasteiger partial charge is 0.153 e. The Bertz CT molecular complexity index is 155. The summed E-state index contributed by atoms with van der Waals surface area (Å²) in [5.74, 6) is 0. The van der Waals surface area contributed by atoms with Gasteiger partial charge in [-0.15, -0.1) is 0 Å². The average Bonchev–Trinajstić information content (AvgIpc) is 2.40. The van der Waals surface area contributed by atoms with Crippen molar-refractivity contribution in [2.75, 3.05) is 6.54 Å². The molecule has 0 aliphatic rings. The van der Waals surface area contributed by atoms with Crippen LogP contribution in [0.15, 0.2) is 0 Å². The molecule has 0 saturated heterocycles. The number of hydrogen-bond acceptors (Lipinski definition) is 7. The van der Waals surface area contributed by atoms with E-state index in [1.165, 1.54) is 10.9 Å². The van der Waals surface area contributed by atoms with Gasteiger partial charge in [0.1, 0.15) is 0 Å². The number of nitrogens with two attached hydrogens (primary N) is 1. The van der Waals surface area contributed by atoms with E-state index < -0.39 is 0 Å². The van der Waals surface area contributed by atoms with Crippen molar-refractivity contribution in [3.05, 3.63) is 0 Å². The van der Waals surface area contributed by atoms with Crippen LogP contribution >= 0.6 is 36.7 Å². The van der Waals surface area contributed by atoms with Gasteiger partial charge in [-0.05, 0) is 0 Å². The van der Waals surface area contributed by atoms with Crippen molar-refractivity contribution >= 4 is 94.1 Å². The summed E-state index contributed by atoms with van der Waals surface area (Å²) < 4.78 is 1.31. The maximum absolute atomic E-state index is 9.01. The topological polar surface area (TPSA) is 77.2 Å². The van der Waals surface area contributed by atoms with Gasteiger partial charge in [0.05, 0.1) is 0 Å². The van der Waals surface area contributed by atoms with E-state index in [-0.39, 0.29) is 0 Å². The van der Waals surface area contributed by atoms with Crippen LogP contribution in [0.25, 0.3) is 0 Å². The molecule has 0 aliphatic heterocycles. The van der Waals surface area contributed by atoms with Gasteiger partial charge in [-0.25, -0.2) is 0 Å². The van der Waals surface area contributed by atoms with E-state index in [4.69, 9.17) is 20.1 Å². The van der Waals surface area contributed by atoms with Gasteiger partial charge in [0.25, 0.3) is 0 Å². The first-order chi connectivity index (χ1) is 8.16. The van der Waals surface area contributed by atoms with Gasteiger partial charge in [-0.2, -0.15) is 0 Å². The number of aldehydes is 3. The minimum absolute atomic E-state index is 0.565. The fourth-order valence-corrected chi connectivity index (χ4v) is 0.685. The SMILES string of the molecule is NCC[CH2][Sn].O=CC=S.O=CC=S.O=CC=S. The molecular weight excluding hydrogens is 385 g/mol. The Morgan fingerprint density at radius 1 is 0.882 bits per heavy atom. The second-order valence-electron chi connectivity index (χ2n) is 1.71. The number of thiocarbonyl (C=S) groups is 3. The molecule has 3 radical (unpaired) electrons. The molecule has 0 amide bonds. The van der Waals surface area contributed by atoms with Crippen LogP contribution in [0.2, 0.25) is 4.44 Å². The molecule has 95 valence electrons. The monoisotopic (exact) mass is 400 g/mol. The van der Waals surface area contributed by atoms with Gasteiger partial charge in [0, 0.05) is 16.1 Å². The van der Waals surface area contributed by atoms with E-state index in [1.807, 2.05) is 0 Å². The molecule has 0 aromatic heterocycles. The Morgan fingerprint density at radius 2 is 1.12 bits per heavy atom. The fourth-order valence-electron chi connectivity index (χ4n) is 0.102. The molecule has 0 aromatic rings. The molecule has 0 bridgehead atoms.